The Morgan fingerprint density at radius 3 is 2.08 bits per heavy atom. The van der Waals surface area contributed by atoms with Crippen LogP contribution >= 0.6 is 9.24 Å². The highest BCUT2D eigenvalue weighted by atomic mass is 31.0. The third-order valence-electron chi connectivity index (χ3n) is 4.68. The summed E-state index contributed by atoms with van der Waals surface area (Å²) in [5.74, 6) is 0.0485. The van der Waals surface area contributed by atoms with E-state index in [-0.39, 0.29) is 11.6 Å². The lowest BCUT2D eigenvalue weighted by Gasteiger charge is -2.21. The summed E-state index contributed by atoms with van der Waals surface area (Å²) in [4.78, 5) is 34.7. The number of pyridine rings is 1. The largest absolute Gasteiger partial charge is 0.365 e. The molecule has 0 bridgehead atoms. The molecular formula is C19H23N4O2P. The Bertz CT molecular complexity index is 821. The van der Waals surface area contributed by atoms with Gasteiger partial charge in [0, 0.05) is 51.0 Å². The molecule has 1 aromatic rings. The Hall–Kier alpha value is -2.20. The predicted octanol–water partition coefficient (Wildman–Crippen LogP) is 0.325. The molecule has 1 aromatic heterocycles. The Kier molecular flexibility index (Phi) is 4.53. The van der Waals surface area contributed by atoms with Crippen molar-refractivity contribution in [1.29, 1.82) is 0 Å². The Labute approximate surface area is 155 Å². The smallest absolute Gasteiger partial charge is 0.227 e. The van der Waals surface area contributed by atoms with Gasteiger partial charge in [-0.2, -0.15) is 0 Å². The first-order valence-corrected chi connectivity index (χ1v) is 9.67. The number of hydrogen-bond acceptors (Lipinski definition) is 6. The van der Waals surface area contributed by atoms with E-state index in [2.05, 4.69) is 21.1 Å². The Balaban J connectivity index is 0.000000160. The number of carbonyl (C=O) groups excluding carboxylic acids is 2. The minimum Gasteiger partial charge on any atom is -0.365 e. The average molecular weight is 370 g/mol. The molecule has 3 fully saturated rings. The lowest BCUT2D eigenvalue weighted by Crippen LogP contribution is -2.29. The number of aryl methyl sites for hydroxylation is 1. The van der Waals surface area contributed by atoms with Gasteiger partial charge in [0.2, 0.25) is 11.6 Å². The number of allylic oxidation sites excluding steroid dienone is 1. The highest BCUT2D eigenvalue weighted by Gasteiger charge is 2.43. The Morgan fingerprint density at radius 2 is 1.58 bits per heavy atom. The minimum absolute atomic E-state index is 0.00546. The van der Waals surface area contributed by atoms with Crippen molar-refractivity contribution in [2.45, 2.75) is 13.3 Å². The predicted molar refractivity (Wildman–Crippen MR) is 103 cm³/mol. The molecule has 4 heterocycles. The summed E-state index contributed by atoms with van der Waals surface area (Å²) in [7, 11) is 2.58. The molecule has 1 aliphatic carbocycles. The fourth-order valence-corrected chi connectivity index (χ4v) is 3.25. The van der Waals surface area contributed by atoms with Crippen molar-refractivity contribution >= 4 is 26.2 Å². The van der Waals surface area contributed by atoms with Crippen LogP contribution < -0.4 is 5.44 Å². The van der Waals surface area contributed by atoms with E-state index < -0.39 is 0 Å². The first-order chi connectivity index (χ1) is 12.6. The van der Waals surface area contributed by atoms with Crippen LogP contribution in [0.4, 0.5) is 0 Å². The van der Waals surface area contributed by atoms with E-state index in [1.807, 2.05) is 32.9 Å². The van der Waals surface area contributed by atoms with E-state index in [0.29, 0.717) is 17.1 Å². The van der Waals surface area contributed by atoms with Crippen molar-refractivity contribution in [3.63, 3.8) is 0 Å². The third-order valence-corrected chi connectivity index (χ3v) is 5.00. The number of hydrogen-bond donors (Lipinski definition) is 0. The Morgan fingerprint density at radius 1 is 0.962 bits per heavy atom. The standard InChI is InChI=1S/C12H13N3O2.C7H10NP/c16-9-7-8(13-1-2-13)12(17)11(15-5-6-15)10(9)14-3-4-14;1-2-6-4-3-5-7(9)8-6/h7H,1-6H2;3-5H,2,9H2,1H3. The van der Waals surface area contributed by atoms with Gasteiger partial charge in [0.05, 0.1) is 11.1 Å². The topological polar surface area (TPSA) is 56.1 Å². The second-order valence-electron chi connectivity index (χ2n) is 6.79. The summed E-state index contributed by atoms with van der Waals surface area (Å²) >= 11 is 0. The molecule has 7 heteroatoms. The van der Waals surface area contributed by atoms with E-state index in [4.69, 9.17) is 0 Å². The molecule has 0 amide bonds. The maximum atomic E-state index is 12.4. The van der Waals surface area contributed by atoms with Crippen LogP contribution in [0.1, 0.15) is 12.6 Å². The van der Waals surface area contributed by atoms with Gasteiger partial charge in [0.25, 0.3) is 0 Å². The van der Waals surface area contributed by atoms with Crippen LogP contribution in [0.15, 0.2) is 41.4 Å². The summed E-state index contributed by atoms with van der Waals surface area (Å²) in [5, 5.41) is 0. The molecule has 4 aliphatic rings. The van der Waals surface area contributed by atoms with Crippen LogP contribution in [0.2, 0.25) is 0 Å². The molecule has 5 rings (SSSR count). The van der Waals surface area contributed by atoms with Crippen LogP contribution in [-0.4, -0.2) is 70.5 Å². The number of rotatable bonds is 4. The molecule has 0 N–H and O–H groups in total. The maximum absolute atomic E-state index is 12.4. The minimum atomic E-state index is 0.00546. The molecule has 1 atom stereocenters. The fraction of sp³-hybridized carbons (Fsp3) is 0.421. The summed E-state index contributed by atoms with van der Waals surface area (Å²) in [6.07, 6.45) is 2.54. The zero-order valence-corrected chi connectivity index (χ0v) is 16.1. The number of nitrogens with zero attached hydrogens (tertiary/aromatic N) is 4. The van der Waals surface area contributed by atoms with Crippen molar-refractivity contribution < 1.29 is 9.59 Å². The van der Waals surface area contributed by atoms with E-state index in [9.17, 15) is 9.59 Å². The quantitative estimate of drug-likeness (QED) is 0.432. The van der Waals surface area contributed by atoms with Gasteiger partial charge in [0.15, 0.2) is 0 Å². The van der Waals surface area contributed by atoms with Gasteiger partial charge in [0.1, 0.15) is 11.4 Å². The first kappa shape index (κ1) is 17.2. The van der Waals surface area contributed by atoms with Gasteiger partial charge in [-0.3, -0.25) is 14.6 Å². The number of Topliss-reactive ketones (excluding diaryl/α,β-unsaturated/α-hetero) is 1. The molecule has 26 heavy (non-hydrogen) atoms. The lowest BCUT2D eigenvalue weighted by molar-refractivity contribution is -0.117. The van der Waals surface area contributed by atoms with Gasteiger partial charge >= 0.3 is 0 Å². The molecule has 6 nitrogen and oxygen atoms in total. The molecule has 0 saturated carbocycles. The fourth-order valence-electron chi connectivity index (χ4n) is 2.97. The van der Waals surface area contributed by atoms with Crippen molar-refractivity contribution in [2.24, 2.45) is 0 Å². The van der Waals surface area contributed by atoms with Crippen LogP contribution in [0.25, 0.3) is 0 Å². The monoisotopic (exact) mass is 370 g/mol. The second-order valence-corrected chi connectivity index (χ2v) is 7.38. The summed E-state index contributed by atoms with van der Waals surface area (Å²) in [5.41, 5.74) is 4.06. The van der Waals surface area contributed by atoms with E-state index in [1.165, 1.54) is 6.08 Å². The van der Waals surface area contributed by atoms with Crippen molar-refractivity contribution in [3.8, 4) is 0 Å². The number of aromatic nitrogens is 1. The normalized spacial score (nSPS) is 20.7. The van der Waals surface area contributed by atoms with Gasteiger partial charge < -0.3 is 14.7 Å². The highest BCUT2D eigenvalue weighted by molar-refractivity contribution is 7.26. The molecule has 0 spiro atoms. The molecule has 0 aromatic carbocycles. The summed E-state index contributed by atoms with van der Waals surface area (Å²) < 4.78 is 0. The molecule has 0 radical (unpaired) electrons. The van der Waals surface area contributed by atoms with Gasteiger partial charge in [-0.15, -0.1) is 0 Å². The van der Waals surface area contributed by atoms with Crippen LogP contribution in [0.3, 0.4) is 0 Å². The van der Waals surface area contributed by atoms with Crippen LogP contribution in [-0.2, 0) is 16.0 Å². The summed E-state index contributed by atoms with van der Waals surface area (Å²) in [6, 6.07) is 6.03. The zero-order valence-electron chi connectivity index (χ0n) is 14.9. The molecule has 3 aliphatic heterocycles. The number of ketones is 2. The molecular weight excluding hydrogens is 347 g/mol. The lowest BCUT2D eigenvalue weighted by atomic mass is 10.0. The van der Waals surface area contributed by atoms with Crippen molar-refractivity contribution in [1.82, 2.24) is 19.7 Å². The van der Waals surface area contributed by atoms with Gasteiger partial charge in [-0.1, -0.05) is 22.2 Å². The SMILES string of the molecule is CCc1cccc(P)n1.O=C1C=C(N2CC2)C(=O)C(N2CC2)=C1N1CC1. The summed E-state index contributed by atoms with van der Waals surface area (Å²) in [6.45, 7) is 7.51. The van der Waals surface area contributed by atoms with E-state index >= 15 is 0 Å². The van der Waals surface area contributed by atoms with Crippen LogP contribution in [0, 0.1) is 0 Å². The van der Waals surface area contributed by atoms with Crippen molar-refractivity contribution in [2.75, 3.05) is 39.3 Å². The third kappa shape index (κ3) is 3.65. The van der Waals surface area contributed by atoms with Gasteiger partial charge in [-0.25, -0.2) is 0 Å². The van der Waals surface area contributed by atoms with E-state index in [0.717, 1.165) is 56.8 Å². The van der Waals surface area contributed by atoms with Gasteiger partial charge in [-0.05, 0) is 18.6 Å². The second kappa shape index (κ2) is 6.84. The zero-order chi connectivity index (χ0) is 18.3. The number of carbonyl (C=O) groups is 2. The van der Waals surface area contributed by atoms with Crippen LogP contribution in [0.5, 0.6) is 0 Å². The maximum Gasteiger partial charge on any atom is 0.227 e. The van der Waals surface area contributed by atoms with Crippen molar-refractivity contribution in [3.05, 3.63) is 47.1 Å². The molecule has 3 saturated heterocycles. The first-order valence-electron chi connectivity index (χ1n) is 9.09. The molecule has 1 unspecified atom stereocenters. The average Bonchev–Trinajstić information content (AvgIpc) is 3.49. The van der Waals surface area contributed by atoms with E-state index in [1.54, 1.807) is 0 Å². The highest BCUT2D eigenvalue weighted by Crippen LogP contribution is 2.33. The molecule has 136 valence electrons.